The van der Waals surface area contributed by atoms with E-state index in [1.54, 1.807) is 0 Å². The van der Waals surface area contributed by atoms with E-state index in [0.717, 1.165) is 6.07 Å². The SMILES string of the molecule is CCNC(=O)Nc1c(C(F)(F)C(O)(F)C(F)(F)F)ccc2ccccc12. The Morgan fingerprint density at radius 1 is 1.04 bits per heavy atom. The number of hydrogen-bond acceptors (Lipinski definition) is 2. The molecule has 0 spiro atoms. The summed E-state index contributed by atoms with van der Waals surface area (Å²) in [6, 6.07) is 6.26. The maximum atomic E-state index is 14.3. The highest BCUT2D eigenvalue weighted by Crippen LogP contribution is 2.51. The van der Waals surface area contributed by atoms with Gasteiger partial charge in [0.15, 0.2) is 0 Å². The van der Waals surface area contributed by atoms with E-state index < -0.39 is 35.2 Å². The van der Waals surface area contributed by atoms with Gasteiger partial charge in [0.1, 0.15) is 0 Å². The predicted octanol–water partition coefficient (Wildman–Crippen LogP) is 4.29. The number of alkyl halides is 6. The fraction of sp³-hybridized carbons (Fsp3) is 0.312. The minimum absolute atomic E-state index is 0.0473. The molecule has 2 rings (SSSR count). The third-order valence-electron chi connectivity index (χ3n) is 3.63. The van der Waals surface area contributed by atoms with E-state index in [4.69, 9.17) is 5.11 Å². The summed E-state index contributed by atoms with van der Waals surface area (Å²) in [5, 5.41) is 13.4. The summed E-state index contributed by atoms with van der Waals surface area (Å²) in [5.74, 6) is -11.2. The summed E-state index contributed by atoms with van der Waals surface area (Å²) in [6.45, 7) is 1.64. The summed E-state index contributed by atoms with van der Waals surface area (Å²) in [7, 11) is 0. The van der Waals surface area contributed by atoms with Crippen LogP contribution in [0.4, 0.5) is 36.8 Å². The zero-order valence-corrected chi connectivity index (χ0v) is 13.3. The van der Waals surface area contributed by atoms with Crippen LogP contribution < -0.4 is 10.6 Å². The predicted molar refractivity (Wildman–Crippen MR) is 82.7 cm³/mol. The van der Waals surface area contributed by atoms with E-state index in [-0.39, 0.29) is 11.9 Å². The van der Waals surface area contributed by atoms with Gasteiger partial charge in [-0.05, 0) is 12.3 Å². The Hall–Kier alpha value is -2.49. The largest absolute Gasteiger partial charge is 0.455 e. The number of rotatable bonds is 4. The zero-order chi connectivity index (χ0) is 19.8. The first-order chi connectivity index (χ1) is 11.9. The molecule has 0 bridgehead atoms. The van der Waals surface area contributed by atoms with Crippen molar-refractivity contribution in [3.05, 3.63) is 42.0 Å². The van der Waals surface area contributed by atoms with E-state index >= 15 is 0 Å². The maximum absolute atomic E-state index is 14.3. The molecule has 0 saturated carbocycles. The van der Waals surface area contributed by atoms with Crippen LogP contribution in [0.25, 0.3) is 10.8 Å². The van der Waals surface area contributed by atoms with Crippen molar-refractivity contribution in [1.29, 1.82) is 0 Å². The quantitative estimate of drug-likeness (QED) is 0.693. The van der Waals surface area contributed by atoms with Gasteiger partial charge >= 0.3 is 24.0 Å². The van der Waals surface area contributed by atoms with E-state index in [1.807, 2.05) is 5.32 Å². The Balaban J connectivity index is 2.71. The average Bonchev–Trinajstić information content (AvgIpc) is 2.54. The van der Waals surface area contributed by atoms with Crippen molar-refractivity contribution in [3.63, 3.8) is 0 Å². The normalized spacial score (nSPS) is 14.8. The van der Waals surface area contributed by atoms with Crippen LogP contribution in [0.1, 0.15) is 12.5 Å². The van der Waals surface area contributed by atoms with Crippen LogP contribution in [0.3, 0.4) is 0 Å². The van der Waals surface area contributed by atoms with Crippen LogP contribution in [-0.4, -0.2) is 29.7 Å². The fourth-order valence-electron chi connectivity index (χ4n) is 2.34. The molecule has 10 heteroatoms. The number of anilines is 1. The Bertz CT molecular complexity index is 820. The van der Waals surface area contributed by atoms with Gasteiger partial charge in [-0.15, -0.1) is 0 Å². The van der Waals surface area contributed by atoms with E-state index in [0.29, 0.717) is 11.5 Å². The molecular weight excluding hydrogens is 366 g/mol. The molecule has 0 aromatic heterocycles. The summed E-state index contributed by atoms with van der Waals surface area (Å²) in [6.07, 6.45) is -6.26. The van der Waals surface area contributed by atoms with Crippen molar-refractivity contribution in [2.45, 2.75) is 24.9 Å². The molecule has 2 amide bonds. The lowest BCUT2D eigenvalue weighted by molar-refractivity contribution is -0.390. The number of fused-ring (bicyclic) bond motifs is 1. The van der Waals surface area contributed by atoms with E-state index in [9.17, 15) is 31.1 Å². The summed E-state index contributed by atoms with van der Waals surface area (Å²) >= 11 is 0. The number of carbonyl (C=O) groups excluding carboxylic acids is 1. The molecule has 4 nitrogen and oxygen atoms in total. The minimum atomic E-state index is -6.26. The second-order valence-corrected chi connectivity index (χ2v) is 5.39. The van der Waals surface area contributed by atoms with Crippen LogP contribution in [0.5, 0.6) is 0 Å². The van der Waals surface area contributed by atoms with Crippen molar-refractivity contribution in [2.24, 2.45) is 0 Å². The molecule has 2 aromatic rings. The van der Waals surface area contributed by atoms with Crippen LogP contribution in [0.2, 0.25) is 0 Å². The van der Waals surface area contributed by atoms with Crippen LogP contribution >= 0.6 is 0 Å². The molecule has 2 aromatic carbocycles. The second kappa shape index (κ2) is 6.67. The molecule has 142 valence electrons. The highest BCUT2D eigenvalue weighted by atomic mass is 19.4. The summed E-state index contributed by atoms with van der Waals surface area (Å²) < 4.78 is 80.3. The number of urea groups is 1. The summed E-state index contributed by atoms with van der Waals surface area (Å²) in [5.41, 5.74) is -2.25. The molecular formula is C16H14F6N2O2. The number of amides is 2. The average molecular weight is 380 g/mol. The van der Waals surface area contributed by atoms with Gasteiger partial charge in [0.25, 0.3) is 0 Å². The molecule has 1 atom stereocenters. The number of benzene rings is 2. The number of aliphatic hydroxyl groups is 1. The first-order valence-corrected chi connectivity index (χ1v) is 7.36. The van der Waals surface area contributed by atoms with Crippen molar-refractivity contribution < 1.29 is 36.2 Å². The summed E-state index contributed by atoms with van der Waals surface area (Å²) in [4.78, 5) is 11.7. The Morgan fingerprint density at radius 2 is 1.65 bits per heavy atom. The van der Waals surface area contributed by atoms with Gasteiger partial charge in [0, 0.05) is 11.9 Å². The van der Waals surface area contributed by atoms with Crippen molar-refractivity contribution in [2.75, 3.05) is 11.9 Å². The lowest BCUT2D eigenvalue weighted by Crippen LogP contribution is -2.53. The van der Waals surface area contributed by atoms with Gasteiger partial charge in [0.2, 0.25) is 0 Å². The minimum Gasteiger partial charge on any atom is -0.350 e. The van der Waals surface area contributed by atoms with Crippen LogP contribution in [0.15, 0.2) is 36.4 Å². The molecule has 1 unspecified atom stereocenters. The standard InChI is InChI=1S/C16H14F6N2O2/c1-2-23-13(25)24-12-10-6-4-3-5-9(10)7-8-11(12)14(17,18)15(19,26)16(20,21)22/h3-8,26H,2H2,1H3,(H2,23,24,25). The molecule has 0 fully saturated rings. The number of hydrogen-bond donors (Lipinski definition) is 3. The molecule has 0 aliphatic carbocycles. The number of carbonyl (C=O) groups is 1. The zero-order valence-electron chi connectivity index (χ0n) is 13.3. The van der Waals surface area contributed by atoms with Gasteiger partial charge < -0.3 is 15.7 Å². The molecule has 0 heterocycles. The monoisotopic (exact) mass is 380 g/mol. The molecule has 0 saturated heterocycles. The van der Waals surface area contributed by atoms with E-state index in [2.05, 4.69) is 5.32 Å². The molecule has 0 aliphatic rings. The lowest BCUT2D eigenvalue weighted by atomic mass is 9.95. The molecule has 0 radical (unpaired) electrons. The van der Waals surface area contributed by atoms with Crippen LogP contribution in [0, 0.1) is 0 Å². The molecule has 26 heavy (non-hydrogen) atoms. The van der Waals surface area contributed by atoms with Gasteiger partial charge in [-0.1, -0.05) is 36.4 Å². The lowest BCUT2D eigenvalue weighted by Gasteiger charge is -2.31. The first-order valence-electron chi connectivity index (χ1n) is 7.36. The van der Waals surface area contributed by atoms with Gasteiger partial charge in [-0.2, -0.15) is 26.3 Å². The van der Waals surface area contributed by atoms with Gasteiger partial charge in [0.05, 0.1) is 11.3 Å². The fourth-order valence-corrected chi connectivity index (χ4v) is 2.34. The molecule has 0 aliphatic heterocycles. The highest BCUT2D eigenvalue weighted by molar-refractivity contribution is 6.03. The Kier molecular flexibility index (Phi) is 5.09. The van der Waals surface area contributed by atoms with Crippen LogP contribution in [-0.2, 0) is 5.92 Å². The van der Waals surface area contributed by atoms with Crippen molar-refractivity contribution in [1.82, 2.24) is 5.32 Å². The van der Waals surface area contributed by atoms with Crippen molar-refractivity contribution >= 4 is 22.5 Å². The van der Waals surface area contributed by atoms with Crippen molar-refractivity contribution in [3.8, 4) is 0 Å². The first kappa shape index (κ1) is 19.8. The molecule has 3 N–H and O–H groups in total. The second-order valence-electron chi connectivity index (χ2n) is 5.39. The van der Waals surface area contributed by atoms with Gasteiger partial charge in [-0.3, -0.25) is 0 Å². The number of nitrogens with one attached hydrogen (secondary N) is 2. The Labute approximate surface area is 143 Å². The smallest absolute Gasteiger partial charge is 0.350 e. The van der Waals surface area contributed by atoms with E-state index in [1.165, 1.54) is 31.2 Å². The third kappa shape index (κ3) is 3.28. The number of halogens is 6. The highest BCUT2D eigenvalue weighted by Gasteiger charge is 2.72. The Morgan fingerprint density at radius 3 is 2.23 bits per heavy atom. The van der Waals surface area contributed by atoms with Gasteiger partial charge in [-0.25, -0.2) is 4.79 Å². The topological polar surface area (TPSA) is 61.4 Å². The maximum Gasteiger partial charge on any atom is 0.455 e. The third-order valence-corrected chi connectivity index (χ3v) is 3.63.